The zero-order valence-corrected chi connectivity index (χ0v) is 14.0. The van der Waals surface area contributed by atoms with Crippen LogP contribution in [-0.4, -0.2) is 34.0 Å². The zero-order chi connectivity index (χ0) is 16.3. The molecule has 0 atom stereocenters. The molecule has 0 radical (unpaired) electrons. The van der Waals surface area contributed by atoms with Crippen LogP contribution in [-0.2, 0) is 23.6 Å². The van der Waals surface area contributed by atoms with Crippen molar-refractivity contribution in [1.82, 2.24) is 19.1 Å². The predicted molar refractivity (Wildman–Crippen MR) is 85.0 cm³/mol. The molecule has 1 aromatic heterocycles. The summed E-state index contributed by atoms with van der Waals surface area (Å²) in [5.41, 5.74) is 0. The molecule has 0 aliphatic carbocycles. The van der Waals surface area contributed by atoms with E-state index in [2.05, 4.69) is 16.8 Å². The molecule has 2 aromatic rings. The summed E-state index contributed by atoms with van der Waals surface area (Å²) in [4.78, 5) is 0.140. The van der Waals surface area contributed by atoms with Crippen molar-refractivity contribution in [3.8, 4) is 0 Å². The van der Waals surface area contributed by atoms with Gasteiger partial charge in [0.25, 0.3) is 0 Å². The smallest absolute Gasteiger partial charge is 0.243 e. The maximum atomic E-state index is 12.8. The number of hydrogen-bond donors (Lipinski definition) is 0. The minimum absolute atomic E-state index is 0.109. The summed E-state index contributed by atoms with van der Waals surface area (Å²) in [6.07, 6.45) is 1.53. The average Bonchev–Trinajstić information content (AvgIpc) is 2.79. The molecule has 0 aliphatic heterocycles. The molecule has 0 saturated carbocycles. The van der Waals surface area contributed by atoms with Crippen molar-refractivity contribution < 1.29 is 8.42 Å². The Kier molecular flexibility index (Phi) is 5.00. The molecule has 1 heterocycles. The molecule has 0 aliphatic rings. The Morgan fingerprint density at radius 1 is 1.41 bits per heavy atom. The number of halogens is 1. The highest BCUT2D eigenvalue weighted by Crippen LogP contribution is 2.21. The number of rotatable bonds is 6. The van der Waals surface area contributed by atoms with Gasteiger partial charge in [-0.2, -0.15) is 4.31 Å². The van der Waals surface area contributed by atoms with Crippen LogP contribution in [0.4, 0.5) is 0 Å². The summed E-state index contributed by atoms with van der Waals surface area (Å²) in [6, 6.07) is 6.17. The second kappa shape index (κ2) is 6.60. The van der Waals surface area contributed by atoms with Gasteiger partial charge in [-0.1, -0.05) is 23.7 Å². The Labute approximate surface area is 135 Å². The van der Waals surface area contributed by atoms with E-state index < -0.39 is 10.0 Å². The Hall–Kier alpha value is -1.70. The molecule has 0 spiro atoms. The van der Waals surface area contributed by atoms with Gasteiger partial charge in [-0.3, -0.25) is 0 Å². The topological polar surface area (TPSA) is 68.1 Å². The number of aromatic nitrogens is 3. The number of benzene rings is 1. The predicted octanol–water partition coefficient (Wildman–Crippen LogP) is 2.15. The maximum Gasteiger partial charge on any atom is 0.243 e. The van der Waals surface area contributed by atoms with Crippen LogP contribution in [0, 0.1) is 6.92 Å². The fourth-order valence-corrected chi connectivity index (χ4v) is 3.58. The lowest BCUT2D eigenvalue weighted by atomic mass is 10.4. The minimum Gasteiger partial charge on any atom is -0.317 e. The van der Waals surface area contributed by atoms with E-state index in [1.807, 2.05) is 0 Å². The third-order valence-electron chi connectivity index (χ3n) is 3.27. The molecular weight excluding hydrogens is 324 g/mol. The van der Waals surface area contributed by atoms with Gasteiger partial charge in [0.05, 0.1) is 11.4 Å². The third-order valence-corrected chi connectivity index (χ3v) is 5.31. The minimum atomic E-state index is -3.69. The van der Waals surface area contributed by atoms with E-state index in [0.29, 0.717) is 16.7 Å². The Morgan fingerprint density at radius 3 is 2.68 bits per heavy atom. The SMILES string of the molecule is C=CCN(Cc1nnc(C)n1C)S(=O)(=O)c1cccc(Cl)c1. The lowest BCUT2D eigenvalue weighted by Crippen LogP contribution is -2.32. The second-order valence-electron chi connectivity index (χ2n) is 4.77. The molecule has 0 N–H and O–H groups in total. The number of hydrogen-bond acceptors (Lipinski definition) is 4. The molecule has 0 amide bonds. The van der Waals surface area contributed by atoms with Crippen molar-refractivity contribution in [2.75, 3.05) is 6.54 Å². The van der Waals surface area contributed by atoms with Gasteiger partial charge < -0.3 is 4.57 Å². The number of nitrogens with zero attached hydrogens (tertiary/aromatic N) is 4. The van der Waals surface area contributed by atoms with E-state index in [9.17, 15) is 8.42 Å². The van der Waals surface area contributed by atoms with Gasteiger partial charge in [0.1, 0.15) is 11.6 Å². The van der Waals surface area contributed by atoms with Gasteiger partial charge in [-0.15, -0.1) is 16.8 Å². The molecular formula is C14H17ClN4O2S. The van der Waals surface area contributed by atoms with Crippen molar-refractivity contribution >= 4 is 21.6 Å². The van der Waals surface area contributed by atoms with Crippen LogP contribution in [0.1, 0.15) is 11.6 Å². The molecule has 2 rings (SSSR count). The highest BCUT2D eigenvalue weighted by atomic mass is 35.5. The van der Waals surface area contributed by atoms with Crippen LogP contribution in [0.2, 0.25) is 5.02 Å². The molecule has 118 valence electrons. The fourth-order valence-electron chi connectivity index (χ4n) is 1.91. The van der Waals surface area contributed by atoms with Crippen LogP contribution in [0.25, 0.3) is 0 Å². The third kappa shape index (κ3) is 3.37. The second-order valence-corrected chi connectivity index (χ2v) is 7.14. The summed E-state index contributed by atoms with van der Waals surface area (Å²) in [6.45, 7) is 5.70. The van der Waals surface area contributed by atoms with Gasteiger partial charge >= 0.3 is 0 Å². The van der Waals surface area contributed by atoms with Gasteiger partial charge in [0.15, 0.2) is 0 Å². The largest absolute Gasteiger partial charge is 0.317 e. The van der Waals surface area contributed by atoms with Crippen LogP contribution < -0.4 is 0 Å². The molecule has 8 heteroatoms. The first-order valence-electron chi connectivity index (χ1n) is 6.57. The highest BCUT2D eigenvalue weighted by molar-refractivity contribution is 7.89. The normalized spacial score (nSPS) is 11.8. The van der Waals surface area contributed by atoms with Gasteiger partial charge in [-0.05, 0) is 25.1 Å². The van der Waals surface area contributed by atoms with Crippen molar-refractivity contribution in [1.29, 1.82) is 0 Å². The van der Waals surface area contributed by atoms with Gasteiger partial charge in [-0.25, -0.2) is 8.42 Å². The van der Waals surface area contributed by atoms with Crippen molar-refractivity contribution in [2.24, 2.45) is 7.05 Å². The highest BCUT2D eigenvalue weighted by Gasteiger charge is 2.25. The van der Waals surface area contributed by atoms with Crippen LogP contribution in [0.5, 0.6) is 0 Å². The lowest BCUT2D eigenvalue weighted by Gasteiger charge is -2.20. The Morgan fingerprint density at radius 2 is 2.14 bits per heavy atom. The molecule has 6 nitrogen and oxygen atoms in total. The fraction of sp³-hybridized carbons (Fsp3) is 0.286. The van der Waals surface area contributed by atoms with E-state index in [4.69, 9.17) is 11.6 Å². The number of sulfonamides is 1. The standard InChI is InChI=1S/C14H17ClN4O2S/c1-4-8-19(10-14-17-16-11(2)18(14)3)22(20,21)13-7-5-6-12(15)9-13/h4-7,9H,1,8,10H2,2-3H3. The summed E-state index contributed by atoms with van der Waals surface area (Å²) < 4.78 is 28.6. The van der Waals surface area contributed by atoms with E-state index in [0.717, 1.165) is 0 Å². The number of aryl methyl sites for hydroxylation is 1. The van der Waals surface area contributed by atoms with Gasteiger partial charge in [0.2, 0.25) is 10.0 Å². The average molecular weight is 341 g/mol. The van der Waals surface area contributed by atoms with Crippen LogP contribution in [0.3, 0.4) is 0 Å². The summed E-state index contributed by atoms with van der Waals surface area (Å²) in [5, 5.41) is 8.32. The lowest BCUT2D eigenvalue weighted by molar-refractivity contribution is 0.422. The Bertz CT molecular complexity index is 786. The maximum absolute atomic E-state index is 12.8. The van der Waals surface area contributed by atoms with E-state index in [1.54, 1.807) is 30.7 Å². The molecule has 1 aromatic carbocycles. The Balaban J connectivity index is 2.38. The van der Waals surface area contributed by atoms with Crippen molar-refractivity contribution in [3.05, 3.63) is 53.6 Å². The molecule has 0 unspecified atom stereocenters. The first kappa shape index (κ1) is 16.7. The van der Waals surface area contributed by atoms with Crippen molar-refractivity contribution in [3.63, 3.8) is 0 Å². The van der Waals surface area contributed by atoms with E-state index in [1.165, 1.54) is 22.5 Å². The molecule has 22 heavy (non-hydrogen) atoms. The zero-order valence-electron chi connectivity index (χ0n) is 12.4. The first-order valence-corrected chi connectivity index (χ1v) is 8.39. The van der Waals surface area contributed by atoms with E-state index >= 15 is 0 Å². The summed E-state index contributed by atoms with van der Waals surface area (Å²) in [5.74, 6) is 1.28. The van der Waals surface area contributed by atoms with Crippen LogP contribution >= 0.6 is 11.6 Å². The summed E-state index contributed by atoms with van der Waals surface area (Å²) >= 11 is 5.89. The summed E-state index contributed by atoms with van der Waals surface area (Å²) in [7, 11) is -1.90. The van der Waals surface area contributed by atoms with Gasteiger partial charge in [0, 0.05) is 18.6 Å². The quantitative estimate of drug-likeness (QED) is 0.756. The molecule has 0 fully saturated rings. The van der Waals surface area contributed by atoms with Crippen LogP contribution in [0.15, 0.2) is 41.8 Å². The molecule has 0 saturated heterocycles. The molecule has 0 bridgehead atoms. The monoisotopic (exact) mass is 340 g/mol. The van der Waals surface area contributed by atoms with E-state index in [-0.39, 0.29) is 18.0 Å². The van der Waals surface area contributed by atoms with Crippen molar-refractivity contribution in [2.45, 2.75) is 18.4 Å². The first-order chi connectivity index (χ1) is 10.4.